The zero-order valence-electron chi connectivity index (χ0n) is 20.5. The summed E-state index contributed by atoms with van der Waals surface area (Å²) in [6.45, 7) is 10.8. The molecule has 2 N–H and O–H groups in total. The van der Waals surface area contributed by atoms with Crippen molar-refractivity contribution < 1.29 is 27.6 Å². The molecule has 4 amide bonds. The molecule has 1 aromatic rings. The molecule has 34 heavy (non-hydrogen) atoms. The molecule has 0 aliphatic carbocycles. The van der Waals surface area contributed by atoms with Crippen molar-refractivity contribution in [3.63, 3.8) is 0 Å². The number of hydrogen-bond donors (Lipinski definition) is 2. The lowest BCUT2D eigenvalue weighted by Gasteiger charge is -2.37. The zero-order chi connectivity index (χ0) is 25.7. The molecule has 2 atom stereocenters. The Labute approximate surface area is 199 Å². The highest BCUT2D eigenvalue weighted by atomic mass is 19.4. The van der Waals surface area contributed by atoms with Crippen LogP contribution in [0.25, 0.3) is 0 Å². The summed E-state index contributed by atoms with van der Waals surface area (Å²) in [5, 5.41) is 5.38. The SMILES string of the molecule is CCC(C)C(NC(=O)CC(C)(C)C)C(=O)N1CCN(C(=O)Nc2cccc(C(F)(F)F)c2)CC1. The van der Waals surface area contributed by atoms with Gasteiger partial charge in [0.15, 0.2) is 0 Å². The van der Waals surface area contributed by atoms with Gasteiger partial charge in [-0.1, -0.05) is 47.1 Å². The third kappa shape index (κ3) is 7.92. The van der Waals surface area contributed by atoms with Gasteiger partial charge in [0, 0.05) is 38.3 Å². The van der Waals surface area contributed by atoms with Crippen LogP contribution in [0, 0.1) is 11.3 Å². The molecule has 0 bridgehead atoms. The van der Waals surface area contributed by atoms with Gasteiger partial charge >= 0.3 is 12.2 Å². The number of hydrogen-bond acceptors (Lipinski definition) is 3. The predicted octanol–water partition coefficient (Wildman–Crippen LogP) is 4.35. The monoisotopic (exact) mass is 484 g/mol. The second kappa shape index (κ2) is 11.1. The Kier molecular flexibility index (Phi) is 8.96. The van der Waals surface area contributed by atoms with Gasteiger partial charge in [0.1, 0.15) is 6.04 Å². The van der Waals surface area contributed by atoms with Gasteiger partial charge in [-0.25, -0.2) is 4.79 Å². The molecule has 1 fully saturated rings. The van der Waals surface area contributed by atoms with Crippen LogP contribution in [0.5, 0.6) is 0 Å². The van der Waals surface area contributed by atoms with Gasteiger partial charge in [0.25, 0.3) is 0 Å². The number of carbonyl (C=O) groups is 3. The Bertz CT molecular complexity index is 875. The summed E-state index contributed by atoms with van der Waals surface area (Å²) in [4.78, 5) is 41.3. The minimum Gasteiger partial charge on any atom is -0.344 e. The summed E-state index contributed by atoms with van der Waals surface area (Å²) >= 11 is 0. The Morgan fingerprint density at radius 1 is 1.03 bits per heavy atom. The molecule has 0 saturated carbocycles. The number of carbonyl (C=O) groups excluding carboxylic acids is 3. The Hall–Kier alpha value is -2.78. The number of nitrogens with zero attached hydrogens (tertiary/aromatic N) is 2. The Morgan fingerprint density at radius 2 is 1.62 bits per heavy atom. The van der Waals surface area contributed by atoms with Gasteiger partial charge in [-0.2, -0.15) is 13.2 Å². The number of alkyl halides is 3. The van der Waals surface area contributed by atoms with Crippen LogP contribution in [0.1, 0.15) is 53.0 Å². The fraction of sp³-hybridized carbons (Fsp3) is 0.625. The third-order valence-electron chi connectivity index (χ3n) is 5.81. The molecule has 0 aromatic heterocycles. The quantitative estimate of drug-likeness (QED) is 0.630. The van der Waals surface area contributed by atoms with Crippen LogP contribution >= 0.6 is 0 Å². The largest absolute Gasteiger partial charge is 0.416 e. The van der Waals surface area contributed by atoms with E-state index in [-0.39, 0.29) is 55.0 Å². The molecule has 1 heterocycles. The standard InChI is InChI=1S/C24H35F3N4O3/c1-6-16(2)20(29-19(32)15-23(3,4)5)21(33)30-10-12-31(13-11-30)22(34)28-18-9-7-8-17(14-18)24(25,26)27/h7-9,14,16,20H,6,10-13,15H2,1-5H3,(H,28,34)(H,29,32). The van der Waals surface area contributed by atoms with E-state index in [1.54, 1.807) is 4.90 Å². The zero-order valence-corrected chi connectivity index (χ0v) is 20.5. The van der Waals surface area contributed by atoms with Crippen LogP contribution in [-0.2, 0) is 15.8 Å². The number of halogens is 3. The van der Waals surface area contributed by atoms with Crippen LogP contribution in [0.3, 0.4) is 0 Å². The summed E-state index contributed by atoms with van der Waals surface area (Å²) in [7, 11) is 0. The van der Waals surface area contributed by atoms with Gasteiger partial charge in [0.2, 0.25) is 11.8 Å². The van der Waals surface area contributed by atoms with Crippen molar-refractivity contribution in [1.29, 1.82) is 0 Å². The molecule has 1 aliphatic heterocycles. The average Bonchev–Trinajstić information content (AvgIpc) is 2.75. The van der Waals surface area contributed by atoms with Gasteiger partial charge in [0.05, 0.1) is 5.56 Å². The Morgan fingerprint density at radius 3 is 2.15 bits per heavy atom. The number of nitrogens with one attached hydrogen (secondary N) is 2. The molecule has 190 valence electrons. The maximum atomic E-state index is 13.2. The maximum Gasteiger partial charge on any atom is 0.416 e. The van der Waals surface area contributed by atoms with Gasteiger partial charge in [-0.15, -0.1) is 0 Å². The van der Waals surface area contributed by atoms with E-state index in [1.807, 2.05) is 34.6 Å². The van der Waals surface area contributed by atoms with Crippen molar-refractivity contribution in [2.24, 2.45) is 11.3 Å². The second-order valence-corrected chi connectivity index (χ2v) is 9.99. The van der Waals surface area contributed by atoms with E-state index in [0.717, 1.165) is 12.1 Å². The predicted molar refractivity (Wildman–Crippen MR) is 124 cm³/mol. The smallest absolute Gasteiger partial charge is 0.344 e. The first-order valence-electron chi connectivity index (χ1n) is 11.5. The maximum absolute atomic E-state index is 13.2. The van der Waals surface area contributed by atoms with Crippen molar-refractivity contribution in [2.75, 3.05) is 31.5 Å². The highest BCUT2D eigenvalue weighted by molar-refractivity contribution is 5.90. The van der Waals surface area contributed by atoms with Crippen molar-refractivity contribution >= 4 is 23.5 Å². The summed E-state index contributed by atoms with van der Waals surface area (Å²) in [5.74, 6) is -0.418. The normalized spacial score (nSPS) is 16.6. The lowest BCUT2D eigenvalue weighted by Crippen LogP contribution is -2.58. The minimum atomic E-state index is -4.50. The first kappa shape index (κ1) is 27.5. The number of amides is 4. The molecule has 1 saturated heterocycles. The fourth-order valence-corrected chi connectivity index (χ4v) is 3.69. The van der Waals surface area contributed by atoms with Crippen molar-refractivity contribution in [2.45, 2.75) is 59.7 Å². The van der Waals surface area contributed by atoms with Crippen molar-refractivity contribution in [3.05, 3.63) is 29.8 Å². The van der Waals surface area contributed by atoms with E-state index in [0.29, 0.717) is 12.8 Å². The molecule has 1 aliphatic rings. The van der Waals surface area contributed by atoms with Crippen molar-refractivity contribution in [1.82, 2.24) is 15.1 Å². The molecule has 7 nitrogen and oxygen atoms in total. The average molecular weight is 485 g/mol. The fourth-order valence-electron chi connectivity index (χ4n) is 3.69. The summed E-state index contributed by atoms with van der Waals surface area (Å²) in [6.07, 6.45) is -3.48. The van der Waals surface area contributed by atoms with Crippen LogP contribution in [0.4, 0.5) is 23.7 Å². The lowest BCUT2D eigenvalue weighted by atomic mass is 9.91. The van der Waals surface area contributed by atoms with E-state index in [2.05, 4.69) is 10.6 Å². The first-order chi connectivity index (χ1) is 15.7. The molecule has 2 unspecified atom stereocenters. The van der Waals surface area contributed by atoms with Crippen LogP contribution < -0.4 is 10.6 Å². The van der Waals surface area contributed by atoms with Gasteiger partial charge in [-0.3, -0.25) is 9.59 Å². The van der Waals surface area contributed by atoms with Crippen molar-refractivity contribution in [3.8, 4) is 0 Å². The molecule has 2 rings (SSSR count). The molecular weight excluding hydrogens is 449 g/mol. The molecule has 10 heteroatoms. The highest BCUT2D eigenvalue weighted by Gasteiger charge is 2.34. The second-order valence-electron chi connectivity index (χ2n) is 9.99. The summed E-state index contributed by atoms with van der Waals surface area (Å²) in [6, 6.07) is 3.28. The number of urea groups is 1. The Balaban J connectivity index is 1.97. The minimum absolute atomic E-state index is 0.0525. The number of benzene rings is 1. The first-order valence-corrected chi connectivity index (χ1v) is 11.5. The number of rotatable bonds is 6. The lowest BCUT2D eigenvalue weighted by molar-refractivity contribution is -0.139. The van der Waals surface area contributed by atoms with Crippen LogP contribution in [-0.4, -0.2) is 59.9 Å². The number of piperazine rings is 1. The van der Waals surface area contributed by atoms with Gasteiger partial charge < -0.3 is 20.4 Å². The van der Waals surface area contributed by atoms with Gasteiger partial charge in [-0.05, 0) is 29.5 Å². The molecular formula is C24H35F3N4O3. The van der Waals surface area contributed by atoms with Crippen LogP contribution in [0.2, 0.25) is 0 Å². The topological polar surface area (TPSA) is 81.8 Å². The molecule has 0 spiro atoms. The van der Waals surface area contributed by atoms with E-state index in [1.165, 1.54) is 17.0 Å². The van der Waals surface area contributed by atoms with E-state index >= 15 is 0 Å². The van der Waals surface area contributed by atoms with Crippen LogP contribution in [0.15, 0.2) is 24.3 Å². The molecule has 1 aromatic carbocycles. The molecule has 0 radical (unpaired) electrons. The summed E-state index contributed by atoms with van der Waals surface area (Å²) < 4.78 is 38.7. The third-order valence-corrected chi connectivity index (χ3v) is 5.81. The van der Waals surface area contributed by atoms with E-state index < -0.39 is 23.8 Å². The van der Waals surface area contributed by atoms with E-state index in [9.17, 15) is 27.6 Å². The summed E-state index contributed by atoms with van der Waals surface area (Å²) in [5.41, 5.74) is -0.992. The number of anilines is 1. The van der Waals surface area contributed by atoms with E-state index in [4.69, 9.17) is 0 Å². The highest BCUT2D eigenvalue weighted by Crippen LogP contribution is 2.30.